The van der Waals surface area contributed by atoms with E-state index in [1.165, 1.54) is 0 Å². The van der Waals surface area contributed by atoms with Crippen LogP contribution in [0.5, 0.6) is 0 Å². The molecule has 1 unspecified atom stereocenters. The molecule has 1 rings (SSSR count). The van der Waals surface area contributed by atoms with Gasteiger partial charge < -0.3 is 5.11 Å². The van der Waals surface area contributed by atoms with Gasteiger partial charge in [-0.15, -0.1) is 0 Å². The van der Waals surface area contributed by atoms with Gasteiger partial charge in [-0.1, -0.05) is 26.0 Å². The van der Waals surface area contributed by atoms with Crippen molar-refractivity contribution in [3.05, 3.63) is 12.2 Å². The van der Waals surface area contributed by atoms with Gasteiger partial charge in [-0.3, -0.25) is 0 Å². The Kier molecular flexibility index (Phi) is 2.72. The van der Waals surface area contributed by atoms with E-state index >= 15 is 0 Å². The molecule has 1 aliphatic rings. The Bertz CT molecular complexity index is 145. The number of aliphatic hydroxyl groups is 1. The maximum absolute atomic E-state index is 9.73. The molecule has 0 spiro atoms. The molecule has 0 saturated carbocycles. The van der Waals surface area contributed by atoms with E-state index in [0.29, 0.717) is 0 Å². The largest absolute Gasteiger partial charge is 0.388 e. The van der Waals surface area contributed by atoms with Crippen LogP contribution in [0.2, 0.25) is 0 Å². The van der Waals surface area contributed by atoms with Crippen molar-refractivity contribution >= 4 is 0 Å². The zero-order valence-electron chi connectivity index (χ0n) is 7.51. The summed E-state index contributed by atoms with van der Waals surface area (Å²) in [5.74, 6) is 0. The van der Waals surface area contributed by atoms with E-state index in [1.54, 1.807) is 0 Å². The van der Waals surface area contributed by atoms with Crippen molar-refractivity contribution in [1.82, 2.24) is 0 Å². The molecule has 0 aliphatic heterocycles. The summed E-state index contributed by atoms with van der Waals surface area (Å²) < 4.78 is 0. The summed E-state index contributed by atoms with van der Waals surface area (Å²) in [6.07, 6.45) is 8.32. The SMILES string of the molecule is CCC1(CC)CCC=CC1O. The van der Waals surface area contributed by atoms with Crippen molar-refractivity contribution in [2.45, 2.75) is 45.6 Å². The third-order valence-electron chi connectivity index (χ3n) is 3.16. The molecule has 1 nitrogen and oxygen atoms in total. The number of rotatable bonds is 2. The van der Waals surface area contributed by atoms with Crippen LogP contribution < -0.4 is 0 Å². The molecule has 0 aromatic rings. The van der Waals surface area contributed by atoms with Gasteiger partial charge in [0.15, 0.2) is 0 Å². The van der Waals surface area contributed by atoms with E-state index in [0.717, 1.165) is 25.7 Å². The molecule has 64 valence electrons. The van der Waals surface area contributed by atoms with Crippen LogP contribution in [0.25, 0.3) is 0 Å². The van der Waals surface area contributed by atoms with Crippen LogP contribution in [0.4, 0.5) is 0 Å². The fourth-order valence-corrected chi connectivity index (χ4v) is 1.97. The average molecular weight is 154 g/mol. The van der Waals surface area contributed by atoms with Crippen LogP contribution in [-0.4, -0.2) is 11.2 Å². The number of hydrogen-bond acceptors (Lipinski definition) is 1. The Hall–Kier alpha value is -0.300. The van der Waals surface area contributed by atoms with Crippen molar-refractivity contribution in [3.8, 4) is 0 Å². The highest BCUT2D eigenvalue weighted by Crippen LogP contribution is 2.39. The lowest BCUT2D eigenvalue weighted by Crippen LogP contribution is -2.34. The van der Waals surface area contributed by atoms with E-state index in [2.05, 4.69) is 19.9 Å². The molecule has 0 aromatic heterocycles. The van der Waals surface area contributed by atoms with Gasteiger partial charge in [0.05, 0.1) is 6.10 Å². The van der Waals surface area contributed by atoms with Gasteiger partial charge in [0.1, 0.15) is 0 Å². The molecular formula is C10H18O. The van der Waals surface area contributed by atoms with Gasteiger partial charge in [0, 0.05) is 0 Å². The maximum atomic E-state index is 9.73. The predicted molar refractivity (Wildman–Crippen MR) is 47.4 cm³/mol. The highest BCUT2D eigenvalue weighted by molar-refractivity contribution is 5.04. The van der Waals surface area contributed by atoms with Crippen LogP contribution in [-0.2, 0) is 0 Å². The molecular weight excluding hydrogens is 136 g/mol. The van der Waals surface area contributed by atoms with E-state index in [4.69, 9.17) is 0 Å². The molecule has 0 amide bonds. The van der Waals surface area contributed by atoms with E-state index in [9.17, 15) is 5.11 Å². The minimum atomic E-state index is -0.203. The summed E-state index contributed by atoms with van der Waals surface area (Å²) in [5, 5.41) is 9.73. The lowest BCUT2D eigenvalue weighted by molar-refractivity contribution is 0.0402. The summed E-state index contributed by atoms with van der Waals surface area (Å²) in [6.45, 7) is 4.34. The first kappa shape index (κ1) is 8.79. The molecule has 0 heterocycles. The maximum Gasteiger partial charge on any atom is 0.0776 e. The van der Waals surface area contributed by atoms with Crippen LogP contribution in [0.1, 0.15) is 39.5 Å². The summed E-state index contributed by atoms with van der Waals surface area (Å²) in [6, 6.07) is 0. The first-order chi connectivity index (χ1) is 5.25. The van der Waals surface area contributed by atoms with Crippen LogP contribution >= 0.6 is 0 Å². The van der Waals surface area contributed by atoms with Crippen LogP contribution in [0.15, 0.2) is 12.2 Å². The monoisotopic (exact) mass is 154 g/mol. The fourth-order valence-electron chi connectivity index (χ4n) is 1.97. The number of aliphatic hydroxyl groups excluding tert-OH is 1. The van der Waals surface area contributed by atoms with Gasteiger partial charge in [-0.25, -0.2) is 0 Å². The zero-order chi connectivity index (χ0) is 8.32. The molecule has 1 atom stereocenters. The summed E-state index contributed by atoms with van der Waals surface area (Å²) in [4.78, 5) is 0. The molecule has 0 aromatic carbocycles. The van der Waals surface area contributed by atoms with Crippen molar-refractivity contribution in [1.29, 1.82) is 0 Å². The van der Waals surface area contributed by atoms with E-state index in [1.807, 2.05) is 6.08 Å². The molecule has 0 bridgehead atoms. The highest BCUT2D eigenvalue weighted by atomic mass is 16.3. The third-order valence-corrected chi connectivity index (χ3v) is 3.16. The average Bonchev–Trinajstić information content (AvgIpc) is 2.06. The van der Waals surface area contributed by atoms with Gasteiger partial charge in [-0.2, -0.15) is 0 Å². The lowest BCUT2D eigenvalue weighted by atomic mass is 9.71. The zero-order valence-corrected chi connectivity index (χ0v) is 7.51. The summed E-state index contributed by atoms with van der Waals surface area (Å²) >= 11 is 0. The molecule has 1 heteroatoms. The Morgan fingerprint density at radius 1 is 1.45 bits per heavy atom. The summed E-state index contributed by atoms with van der Waals surface area (Å²) in [7, 11) is 0. The van der Waals surface area contributed by atoms with Gasteiger partial charge in [0.25, 0.3) is 0 Å². The van der Waals surface area contributed by atoms with Crippen molar-refractivity contribution in [3.63, 3.8) is 0 Å². The minimum absolute atomic E-state index is 0.189. The van der Waals surface area contributed by atoms with E-state index < -0.39 is 0 Å². The smallest absolute Gasteiger partial charge is 0.0776 e. The molecule has 11 heavy (non-hydrogen) atoms. The standard InChI is InChI=1S/C10H18O/c1-3-10(4-2)8-6-5-7-9(10)11/h5,7,9,11H,3-4,6,8H2,1-2H3. The Morgan fingerprint density at radius 3 is 2.45 bits per heavy atom. The predicted octanol–water partition coefficient (Wildman–Crippen LogP) is 2.50. The molecule has 0 radical (unpaired) electrons. The van der Waals surface area contributed by atoms with Crippen molar-refractivity contribution < 1.29 is 5.11 Å². The topological polar surface area (TPSA) is 20.2 Å². The first-order valence-corrected chi connectivity index (χ1v) is 4.60. The fraction of sp³-hybridized carbons (Fsp3) is 0.800. The highest BCUT2D eigenvalue weighted by Gasteiger charge is 2.33. The molecule has 0 fully saturated rings. The molecule has 1 N–H and O–H groups in total. The second-order valence-corrected chi connectivity index (χ2v) is 3.48. The molecule has 1 aliphatic carbocycles. The van der Waals surface area contributed by atoms with E-state index in [-0.39, 0.29) is 11.5 Å². The minimum Gasteiger partial charge on any atom is -0.388 e. The van der Waals surface area contributed by atoms with Crippen LogP contribution in [0, 0.1) is 5.41 Å². The van der Waals surface area contributed by atoms with Gasteiger partial charge in [0.2, 0.25) is 0 Å². The summed E-state index contributed by atoms with van der Waals surface area (Å²) in [5.41, 5.74) is 0.189. The van der Waals surface area contributed by atoms with Gasteiger partial charge >= 0.3 is 0 Å². The normalized spacial score (nSPS) is 28.8. The Labute approximate surface area is 69.1 Å². The quantitative estimate of drug-likeness (QED) is 0.606. The second kappa shape index (κ2) is 3.40. The Balaban J connectivity index is 2.73. The Morgan fingerprint density at radius 2 is 2.09 bits per heavy atom. The van der Waals surface area contributed by atoms with Crippen molar-refractivity contribution in [2.75, 3.05) is 0 Å². The lowest BCUT2D eigenvalue weighted by Gasteiger charge is -2.37. The van der Waals surface area contributed by atoms with Gasteiger partial charge in [-0.05, 0) is 31.1 Å². The number of allylic oxidation sites excluding steroid dienone is 1. The number of hydrogen-bond donors (Lipinski definition) is 1. The van der Waals surface area contributed by atoms with Crippen LogP contribution in [0.3, 0.4) is 0 Å². The van der Waals surface area contributed by atoms with Crippen molar-refractivity contribution in [2.24, 2.45) is 5.41 Å². The first-order valence-electron chi connectivity index (χ1n) is 4.60. The third kappa shape index (κ3) is 1.48. The second-order valence-electron chi connectivity index (χ2n) is 3.48. The molecule has 0 saturated heterocycles.